The molecule has 0 atom stereocenters. The third-order valence-electron chi connectivity index (χ3n) is 2.02. The third-order valence-corrected chi connectivity index (χ3v) is 2.02. The SMILES string of the molecule is CCOc1cc(C=C[N+](=O)[O-])ccc1OC(C)C. The van der Waals surface area contributed by atoms with Crippen LogP contribution in [0, 0.1) is 10.1 Å². The highest BCUT2D eigenvalue weighted by Gasteiger charge is 2.07. The Hall–Kier alpha value is -2.04. The fourth-order valence-electron chi connectivity index (χ4n) is 1.39. The molecule has 18 heavy (non-hydrogen) atoms. The molecular weight excluding hydrogens is 234 g/mol. The summed E-state index contributed by atoms with van der Waals surface area (Å²) in [6, 6.07) is 5.23. The summed E-state index contributed by atoms with van der Waals surface area (Å²) in [5, 5.41) is 10.3. The van der Waals surface area contributed by atoms with Crippen LogP contribution in [-0.4, -0.2) is 17.6 Å². The van der Waals surface area contributed by atoms with E-state index in [1.165, 1.54) is 6.08 Å². The van der Waals surface area contributed by atoms with Crippen LogP contribution < -0.4 is 9.47 Å². The minimum Gasteiger partial charge on any atom is -0.490 e. The second-order valence-electron chi connectivity index (χ2n) is 3.91. The molecule has 0 aliphatic rings. The van der Waals surface area contributed by atoms with Crippen LogP contribution in [0.1, 0.15) is 26.3 Å². The second-order valence-corrected chi connectivity index (χ2v) is 3.91. The van der Waals surface area contributed by atoms with E-state index in [2.05, 4.69) is 0 Å². The number of hydrogen-bond donors (Lipinski definition) is 0. The van der Waals surface area contributed by atoms with Gasteiger partial charge in [0, 0.05) is 6.08 Å². The molecule has 98 valence electrons. The number of benzene rings is 1. The van der Waals surface area contributed by atoms with Gasteiger partial charge in [0.15, 0.2) is 11.5 Å². The van der Waals surface area contributed by atoms with Crippen molar-refractivity contribution in [1.29, 1.82) is 0 Å². The summed E-state index contributed by atoms with van der Waals surface area (Å²) < 4.78 is 11.1. The summed E-state index contributed by atoms with van der Waals surface area (Å²) >= 11 is 0. The lowest BCUT2D eigenvalue weighted by molar-refractivity contribution is -0.400. The minimum absolute atomic E-state index is 0.0457. The van der Waals surface area contributed by atoms with Gasteiger partial charge in [-0.15, -0.1) is 0 Å². The van der Waals surface area contributed by atoms with E-state index in [4.69, 9.17) is 9.47 Å². The van der Waals surface area contributed by atoms with E-state index in [1.54, 1.807) is 18.2 Å². The van der Waals surface area contributed by atoms with Crippen molar-refractivity contribution in [2.75, 3.05) is 6.61 Å². The number of nitrogens with zero attached hydrogens (tertiary/aromatic N) is 1. The molecule has 0 bridgehead atoms. The van der Waals surface area contributed by atoms with Crippen molar-refractivity contribution < 1.29 is 14.4 Å². The fraction of sp³-hybridized carbons (Fsp3) is 0.385. The fourth-order valence-corrected chi connectivity index (χ4v) is 1.39. The van der Waals surface area contributed by atoms with E-state index in [0.29, 0.717) is 23.7 Å². The van der Waals surface area contributed by atoms with Gasteiger partial charge < -0.3 is 9.47 Å². The number of nitro groups is 1. The van der Waals surface area contributed by atoms with Crippen molar-refractivity contribution in [3.8, 4) is 11.5 Å². The van der Waals surface area contributed by atoms with Crippen molar-refractivity contribution in [3.63, 3.8) is 0 Å². The standard InChI is InChI=1S/C13H17NO4/c1-4-17-13-9-11(7-8-14(15)16)5-6-12(13)18-10(2)3/h5-10H,4H2,1-3H3. The molecule has 0 spiro atoms. The largest absolute Gasteiger partial charge is 0.490 e. The molecule has 1 aromatic carbocycles. The number of ether oxygens (including phenoxy) is 2. The van der Waals surface area contributed by atoms with Crippen molar-refractivity contribution in [3.05, 3.63) is 40.1 Å². The van der Waals surface area contributed by atoms with Crippen LogP contribution in [0.15, 0.2) is 24.4 Å². The Bertz CT molecular complexity index is 441. The summed E-state index contributed by atoms with van der Waals surface area (Å²) in [5.74, 6) is 1.24. The van der Waals surface area contributed by atoms with E-state index in [0.717, 1.165) is 6.20 Å². The molecule has 1 aromatic rings. The van der Waals surface area contributed by atoms with Crippen LogP contribution in [0.5, 0.6) is 11.5 Å². The maximum Gasteiger partial charge on any atom is 0.235 e. The Labute approximate surface area is 106 Å². The molecule has 0 heterocycles. The Morgan fingerprint density at radius 1 is 1.39 bits per heavy atom. The molecule has 0 N–H and O–H groups in total. The maximum absolute atomic E-state index is 10.3. The number of rotatable bonds is 6. The first-order chi connectivity index (χ1) is 8.52. The van der Waals surface area contributed by atoms with Gasteiger partial charge in [0.1, 0.15) is 0 Å². The minimum atomic E-state index is -0.501. The quantitative estimate of drug-likeness (QED) is 0.575. The zero-order chi connectivity index (χ0) is 13.5. The Morgan fingerprint density at radius 2 is 2.11 bits per heavy atom. The Kier molecular flexibility index (Phi) is 5.17. The summed E-state index contributed by atoms with van der Waals surface area (Å²) in [4.78, 5) is 9.76. The lowest BCUT2D eigenvalue weighted by Gasteiger charge is -2.14. The predicted octanol–water partition coefficient (Wildman–Crippen LogP) is 3.12. The Balaban J connectivity index is 2.98. The van der Waals surface area contributed by atoms with E-state index >= 15 is 0 Å². The third kappa shape index (κ3) is 4.45. The molecule has 1 rings (SSSR count). The zero-order valence-electron chi connectivity index (χ0n) is 10.8. The summed E-state index contributed by atoms with van der Waals surface area (Å²) in [6.07, 6.45) is 2.36. The first-order valence-corrected chi connectivity index (χ1v) is 5.78. The van der Waals surface area contributed by atoms with Gasteiger partial charge in [-0.1, -0.05) is 6.07 Å². The normalized spacial score (nSPS) is 10.9. The van der Waals surface area contributed by atoms with E-state index in [9.17, 15) is 10.1 Å². The van der Waals surface area contributed by atoms with Gasteiger partial charge in [0.2, 0.25) is 6.20 Å². The van der Waals surface area contributed by atoms with Crippen LogP contribution in [0.3, 0.4) is 0 Å². The maximum atomic E-state index is 10.3. The van der Waals surface area contributed by atoms with E-state index in [1.807, 2.05) is 20.8 Å². The van der Waals surface area contributed by atoms with Gasteiger partial charge >= 0.3 is 0 Å². The lowest BCUT2D eigenvalue weighted by atomic mass is 10.2. The molecule has 0 saturated heterocycles. The van der Waals surface area contributed by atoms with Gasteiger partial charge in [0.25, 0.3) is 0 Å². The molecule has 0 aromatic heterocycles. The molecule has 0 radical (unpaired) electrons. The van der Waals surface area contributed by atoms with Crippen LogP contribution >= 0.6 is 0 Å². The van der Waals surface area contributed by atoms with Crippen molar-refractivity contribution in [2.24, 2.45) is 0 Å². The van der Waals surface area contributed by atoms with Gasteiger partial charge in [0.05, 0.1) is 17.6 Å². The summed E-state index contributed by atoms with van der Waals surface area (Å²) in [5.41, 5.74) is 0.700. The summed E-state index contributed by atoms with van der Waals surface area (Å²) in [6.45, 7) is 6.24. The predicted molar refractivity (Wildman–Crippen MR) is 69.4 cm³/mol. The lowest BCUT2D eigenvalue weighted by Crippen LogP contribution is -2.07. The molecular formula is C13H17NO4. The van der Waals surface area contributed by atoms with Gasteiger partial charge in [-0.25, -0.2) is 0 Å². The van der Waals surface area contributed by atoms with Crippen LogP contribution in [0.25, 0.3) is 6.08 Å². The highest BCUT2D eigenvalue weighted by molar-refractivity contribution is 5.55. The van der Waals surface area contributed by atoms with E-state index < -0.39 is 4.92 Å². The van der Waals surface area contributed by atoms with Gasteiger partial charge in [-0.2, -0.15) is 0 Å². The molecule has 0 fully saturated rings. The molecule has 0 aliphatic heterocycles. The molecule has 0 saturated carbocycles. The average Bonchev–Trinajstić information content (AvgIpc) is 2.29. The number of hydrogen-bond acceptors (Lipinski definition) is 4. The molecule has 0 aliphatic carbocycles. The van der Waals surface area contributed by atoms with Gasteiger partial charge in [-0.3, -0.25) is 10.1 Å². The van der Waals surface area contributed by atoms with Crippen molar-refractivity contribution in [2.45, 2.75) is 26.9 Å². The second kappa shape index (κ2) is 6.64. The highest BCUT2D eigenvalue weighted by atomic mass is 16.6. The Morgan fingerprint density at radius 3 is 2.67 bits per heavy atom. The zero-order valence-corrected chi connectivity index (χ0v) is 10.8. The molecule has 0 amide bonds. The van der Waals surface area contributed by atoms with E-state index in [-0.39, 0.29) is 6.10 Å². The van der Waals surface area contributed by atoms with Crippen LogP contribution in [0.4, 0.5) is 0 Å². The smallest absolute Gasteiger partial charge is 0.235 e. The first-order valence-electron chi connectivity index (χ1n) is 5.78. The molecule has 5 heteroatoms. The molecule has 5 nitrogen and oxygen atoms in total. The topological polar surface area (TPSA) is 61.6 Å². The summed E-state index contributed by atoms with van der Waals surface area (Å²) in [7, 11) is 0. The van der Waals surface area contributed by atoms with Crippen LogP contribution in [-0.2, 0) is 0 Å². The van der Waals surface area contributed by atoms with Crippen molar-refractivity contribution >= 4 is 6.08 Å². The first kappa shape index (κ1) is 14.0. The average molecular weight is 251 g/mol. The molecule has 0 unspecified atom stereocenters. The highest BCUT2D eigenvalue weighted by Crippen LogP contribution is 2.29. The van der Waals surface area contributed by atoms with Crippen molar-refractivity contribution in [1.82, 2.24) is 0 Å². The monoisotopic (exact) mass is 251 g/mol. The van der Waals surface area contributed by atoms with Gasteiger partial charge in [-0.05, 0) is 38.5 Å². The van der Waals surface area contributed by atoms with Crippen LogP contribution in [0.2, 0.25) is 0 Å².